The second kappa shape index (κ2) is 12.8. The quantitative estimate of drug-likeness (QED) is 0.313. The fourth-order valence-corrected chi connectivity index (χ4v) is 3.56. The lowest BCUT2D eigenvalue weighted by Crippen LogP contribution is -2.45. The molecule has 1 saturated heterocycles. The highest BCUT2D eigenvalue weighted by Crippen LogP contribution is 2.18. The highest BCUT2D eigenvalue weighted by molar-refractivity contribution is 14.0. The number of aromatic nitrogens is 2. The lowest BCUT2D eigenvalue weighted by atomic mass is 10.1. The molecule has 8 nitrogen and oxygen atoms in total. The van der Waals surface area contributed by atoms with Gasteiger partial charge in [0.25, 0.3) is 0 Å². The molecule has 0 aliphatic carbocycles. The van der Waals surface area contributed by atoms with Crippen LogP contribution in [-0.4, -0.2) is 66.4 Å². The van der Waals surface area contributed by atoms with Crippen molar-refractivity contribution in [3.05, 3.63) is 47.3 Å². The van der Waals surface area contributed by atoms with E-state index >= 15 is 0 Å². The molecule has 2 aromatic rings. The third kappa shape index (κ3) is 7.47. The summed E-state index contributed by atoms with van der Waals surface area (Å²) in [5, 5.41) is 11.1. The molecule has 32 heavy (non-hydrogen) atoms. The van der Waals surface area contributed by atoms with E-state index in [9.17, 15) is 4.79 Å². The summed E-state index contributed by atoms with van der Waals surface area (Å²) < 4.78 is 7.77. The molecule has 1 amide bonds. The van der Waals surface area contributed by atoms with Crippen molar-refractivity contribution in [3.63, 3.8) is 0 Å². The zero-order valence-electron chi connectivity index (χ0n) is 19.4. The van der Waals surface area contributed by atoms with Crippen LogP contribution in [0.4, 0.5) is 0 Å². The molecule has 1 aromatic carbocycles. The van der Waals surface area contributed by atoms with Gasteiger partial charge in [0.2, 0.25) is 5.91 Å². The van der Waals surface area contributed by atoms with E-state index in [-0.39, 0.29) is 42.5 Å². The summed E-state index contributed by atoms with van der Waals surface area (Å²) in [7, 11) is 3.49. The number of nitrogens with zero attached hydrogens (tertiary/aromatic N) is 4. The highest BCUT2D eigenvalue weighted by Gasteiger charge is 2.15. The number of ether oxygens (including phenoxy) is 1. The number of halogens is 1. The van der Waals surface area contributed by atoms with Gasteiger partial charge in [0.15, 0.2) is 5.96 Å². The predicted octanol–water partition coefficient (Wildman–Crippen LogP) is 2.80. The van der Waals surface area contributed by atoms with Crippen LogP contribution < -0.4 is 10.6 Å². The number of benzene rings is 1. The van der Waals surface area contributed by atoms with Gasteiger partial charge in [0.1, 0.15) is 0 Å². The molecule has 1 fully saturated rings. The summed E-state index contributed by atoms with van der Waals surface area (Å²) in [5.41, 5.74) is 4.13. The number of hydrogen-bond acceptors (Lipinski definition) is 4. The van der Waals surface area contributed by atoms with E-state index in [1.54, 1.807) is 19.0 Å². The highest BCUT2D eigenvalue weighted by atomic mass is 127. The van der Waals surface area contributed by atoms with Crippen molar-refractivity contribution in [2.75, 3.05) is 33.8 Å². The smallest absolute Gasteiger partial charge is 0.241 e. The van der Waals surface area contributed by atoms with E-state index in [1.807, 2.05) is 30.7 Å². The van der Waals surface area contributed by atoms with Crippen molar-refractivity contribution in [2.24, 2.45) is 4.99 Å². The van der Waals surface area contributed by atoms with E-state index in [0.717, 1.165) is 42.1 Å². The minimum atomic E-state index is -0.00791. The molecule has 2 heterocycles. The maximum absolute atomic E-state index is 12.1. The minimum Gasteiger partial charge on any atom is -0.376 e. The molecule has 1 atom stereocenters. The van der Waals surface area contributed by atoms with Crippen LogP contribution in [0.3, 0.4) is 0 Å². The summed E-state index contributed by atoms with van der Waals surface area (Å²) >= 11 is 0. The Morgan fingerprint density at radius 2 is 2.03 bits per heavy atom. The SMILES string of the molecule is Cc1cc(C)n(-c2ccccc2CN=C(NCC(=O)N(C)C)NCC2CCCCO2)n1.I. The molecule has 1 aliphatic rings. The molecule has 0 saturated carbocycles. The summed E-state index contributed by atoms with van der Waals surface area (Å²) in [4.78, 5) is 18.4. The fourth-order valence-electron chi connectivity index (χ4n) is 3.56. The monoisotopic (exact) mass is 554 g/mol. The van der Waals surface area contributed by atoms with Gasteiger partial charge in [-0.15, -0.1) is 24.0 Å². The van der Waals surface area contributed by atoms with Crippen LogP contribution in [0.25, 0.3) is 5.69 Å². The molecule has 0 bridgehead atoms. The number of rotatable bonds is 7. The Balaban J connectivity index is 0.00000363. The number of hydrogen-bond donors (Lipinski definition) is 2. The van der Waals surface area contributed by atoms with Gasteiger partial charge in [-0.3, -0.25) is 4.79 Å². The largest absolute Gasteiger partial charge is 0.376 e. The normalized spacial score (nSPS) is 16.2. The second-order valence-electron chi connectivity index (χ2n) is 8.14. The van der Waals surface area contributed by atoms with Gasteiger partial charge < -0.3 is 20.3 Å². The third-order valence-electron chi connectivity index (χ3n) is 5.31. The average molecular weight is 554 g/mol. The molecular formula is C23H35IN6O2. The number of para-hydroxylation sites is 1. The molecule has 3 rings (SSSR count). The van der Waals surface area contributed by atoms with Crippen LogP contribution in [0.1, 0.15) is 36.2 Å². The van der Waals surface area contributed by atoms with E-state index in [0.29, 0.717) is 19.0 Å². The van der Waals surface area contributed by atoms with Crippen molar-refractivity contribution < 1.29 is 9.53 Å². The maximum Gasteiger partial charge on any atom is 0.241 e. The summed E-state index contributed by atoms with van der Waals surface area (Å²) in [6, 6.07) is 10.2. The molecule has 1 aromatic heterocycles. The fraction of sp³-hybridized carbons (Fsp3) is 0.522. The molecule has 1 unspecified atom stereocenters. The lowest BCUT2D eigenvalue weighted by molar-refractivity contribution is -0.127. The standard InChI is InChI=1S/C23H34N6O2.HI/c1-17-13-18(2)29(27-17)21-11-6-5-9-19(21)14-24-23(26-16-22(30)28(3)4)25-15-20-10-7-8-12-31-20;/h5-6,9,11,13,20H,7-8,10,12,14-16H2,1-4H3,(H2,24,25,26);1H. The average Bonchev–Trinajstić information content (AvgIpc) is 3.11. The summed E-state index contributed by atoms with van der Waals surface area (Å²) in [5.74, 6) is 0.596. The first-order chi connectivity index (χ1) is 14.9. The zero-order valence-corrected chi connectivity index (χ0v) is 21.8. The Morgan fingerprint density at radius 3 is 2.69 bits per heavy atom. The van der Waals surface area contributed by atoms with Crippen LogP contribution in [0, 0.1) is 13.8 Å². The van der Waals surface area contributed by atoms with Gasteiger partial charge in [-0.05, 0) is 50.8 Å². The zero-order chi connectivity index (χ0) is 22.2. The number of carbonyl (C=O) groups excluding carboxylic acids is 1. The predicted molar refractivity (Wildman–Crippen MR) is 138 cm³/mol. The first-order valence-electron chi connectivity index (χ1n) is 10.9. The Labute approximate surface area is 207 Å². The number of aryl methyl sites for hydroxylation is 2. The third-order valence-corrected chi connectivity index (χ3v) is 5.31. The number of guanidine groups is 1. The molecule has 2 N–H and O–H groups in total. The molecule has 0 spiro atoms. The Morgan fingerprint density at radius 1 is 1.25 bits per heavy atom. The van der Waals surface area contributed by atoms with E-state index in [2.05, 4.69) is 33.9 Å². The van der Waals surface area contributed by atoms with Crippen LogP contribution in [0.2, 0.25) is 0 Å². The Kier molecular flexibility index (Phi) is 10.4. The van der Waals surface area contributed by atoms with Gasteiger partial charge in [-0.2, -0.15) is 5.10 Å². The van der Waals surface area contributed by atoms with Gasteiger partial charge in [0.05, 0.1) is 30.6 Å². The lowest BCUT2D eigenvalue weighted by Gasteiger charge is -2.24. The van der Waals surface area contributed by atoms with Crippen molar-refractivity contribution >= 4 is 35.8 Å². The minimum absolute atomic E-state index is 0. The van der Waals surface area contributed by atoms with Crippen molar-refractivity contribution in [2.45, 2.75) is 45.8 Å². The number of likely N-dealkylation sites (N-methyl/N-ethyl adjacent to an activating group) is 1. The summed E-state index contributed by atoms with van der Waals surface area (Å²) in [6.07, 6.45) is 3.52. The summed E-state index contributed by atoms with van der Waals surface area (Å²) in [6.45, 7) is 6.16. The topological polar surface area (TPSA) is 83.8 Å². The van der Waals surface area contributed by atoms with Crippen molar-refractivity contribution in [1.29, 1.82) is 0 Å². The van der Waals surface area contributed by atoms with Crippen molar-refractivity contribution in [3.8, 4) is 5.69 Å². The maximum atomic E-state index is 12.1. The van der Waals surface area contributed by atoms with Crippen LogP contribution >= 0.6 is 24.0 Å². The van der Waals surface area contributed by atoms with Crippen LogP contribution in [0.15, 0.2) is 35.3 Å². The number of nitrogens with one attached hydrogen (secondary N) is 2. The first kappa shape index (κ1) is 26.1. The van der Waals surface area contributed by atoms with Gasteiger partial charge in [-0.1, -0.05) is 18.2 Å². The Hall–Kier alpha value is -2.14. The van der Waals surface area contributed by atoms with E-state index in [1.165, 1.54) is 6.42 Å². The molecule has 176 valence electrons. The number of carbonyl (C=O) groups is 1. The van der Waals surface area contributed by atoms with Crippen molar-refractivity contribution in [1.82, 2.24) is 25.3 Å². The van der Waals surface area contributed by atoms with Crippen LogP contribution in [-0.2, 0) is 16.1 Å². The number of amides is 1. The van der Waals surface area contributed by atoms with Gasteiger partial charge in [-0.25, -0.2) is 9.67 Å². The van der Waals surface area contributed by atoms with Gasteiger partial charge in [0, 0.05) is 32.9 Å². The van der Waals surface area contributed by atoms with Gasteiger partial charge >= 0.3 is 0 Å². The number of aliphatic imine (C=N–C) groups is 1. The molecule has 1 aliphatic heterocycles. The van der Waals surface area contributed by atoms with E-state index < -0.39 is 0 Å². The second-order valence-corrected chi connectivity index (χ2v) is 8.14. The first-order valence-corrected chi connectivity index (χ1v) is 10.9. The Bertz CT molecular complexity index is 906. The van der Waals surface area contributed by atoms with Crippen LogP contribution in [0.5, 0.6) is 0 Å². The molecule has 0 radical (unpaired) electrons. The van der Waals surface area contributed by atoms with E-state index in [4.69, 9.17) is 9.73 Å². The molecular weight excluding hydrogens is 519 g/mol. The molecule has 9 heteroatoms.